The molecule has 3 aliphatic carbocycles. The van der Waals surface area contributed by atoms with E-state index in [-0.39, 0.29) is 0 Å². The second kappa shape index (κ2) is 12.5. The van der Waals surface area contributed by atoms with Crippen molar-refractivity contribution >= 4 is 16.9 Å². The molecule has 0 spiro atoms. The average Bonchev–Trinajstić information content (AvgIpc) is 3.13. The molecule has 3 aliphatic rings. The van der Waals surface area contributed by atoms with Gasteiger partial charge in [-0.1, -0.05) is 86.9 Å². The minimum atomic E-state index is 0.568. The number of allylic oxidation sites excluding steroid dienone is 4. The SMILES string of the molecule is CC1=CC(C)C(C)=C1c1cc(C)ccc1NC1CCCCC1.c1ccc(NC2CCCCC2)cc1. The van der Waals surface area contributed by atoms with Gasteiger partial charge in [-0.3, -0.25) is 0 Å². The minimum absolute atomic E-state index is 0.568. The number of hydrogen-bond acceptors (Lipinski definition) is 2. The van der Waals surface area contributed by atoms with Crippen molar-refractivity contribution in [3.05, 3.63) is 76.9 Å². The number of nitrogens with one attached hydrogen (secondary N) is 2. The highest BCUT2D eigenvalue weighted by molar-refractivity contribution is 5.89. The summed E-state index contributed by atoms with van der Waals surface area (Å²) >= 11 is 0. The maximum Gasteiger partial charge on any atom is 0.0422 e. The molecule has 2 saturated carbocycles. The fourth-order valence-corrected chi connectivity index (χ4v) is 6.02. The zero-order valence-corrected chi connectivity index (χ0v) is 22.5. The van der Waals surface area contributed by atoms with Crippen LogP contribution in [0.25, 0.3) is 5.57 Å². The van der Waals surface area contributed by atoms with E-state index in [1.54, 1.807) is 0 Å². The average molecular weight is 471 g/mol. The van der Waals surface area contributed by atoms with Gasteiger partial charge in [0.15, 0.2) is 0 Å². The second-order valence-electron chi connectivity index (χ2n) is 11.1. The first-order chi connectivity index (χ1) is 17.0. The molecule has 2 aromatic carbocycles. The van der Waals surface area contributed by atoms with Crippen LogP contribution >= 0.6 is 0 Å². The Bertz CT molecular complexity index is 1000. The van der Waals surface area contributed by atoms with E-state index < -0.39 is 0 Å². The summed E-state index contributed by atoms with van der Waals surface area (Å²) in [7, 11) is 0. The molecule has 5 rings (SSSR count). The van der Waals surface area contributed by atoms with Gasteiger partial charge in [-0.2, -0.15) is 0 Å². The van der Waals surface area contributed by atoms with Crippen LogP contribution in [0.1, 0.15) is 96.1 Å². The quantitative estimate of drug-likeness (QED) is 0.454. The normalized spacial score (nSPS) is 21.3. The minimum Gasteiger partial charge on any atom is -0.382 e. The van der Waals surface area contributed by atoms with Gasteiger partial charge in [-0.15, -0.1) is 0 Å². The van der Waals surface area contributed by atoms with Crippen LogP contribution < -0.4 is 10.6 Å². The maximum atomic E-state index is 3.85. The number of aryl methyl sites for hydroxylation is 1. The zero-order chi connectivity index (χ0) is 24.6. The first-order valence-corrected chi connectivity index (χ1v) is 14.1. The fourth-order valence-electron chi connectivity index (χ4n) is 6.02. The molecule has 2 nitrogen and oxygen atoms in total. The summed E-state index contributed by atoms with van der Waals surface area (Å²) in [5.41, 5.74) is 9.76. The molecule has 0 bridgehead atoms. The van der Waals surface area contributed by atoms with Gasteiger partial charge in [0.25, 0.3) is 0 Å². The number of benzene rings is 2. The molecule has 35 heavy (non-hydrogen) atoms. The summed E-state index contributed by atoms with van der Waals surface area (Å²) in [6, 6.07) is 18.8. The number of para-hydroxylation sites is 1. The molecule has 2 fully saturated rings. The van der Waals surface area contributed by atoms with Gasteiger partial charge in [0.05, 0.1) is 0 Å². The molecule has 2 heteroatoms. The Morgan fingerprint density at radius 1 is 0.686 bits per heavy atom. The van der Waals surface area contributed by atoms with Crippen LogP contribution in [0.4, 0.5) is 11.4 Å². The molecular weight excluding hydrogens is 424 g/mol. The van der Waals surface area contributed by atoms with E-state index in [9.17, 15) is 0 Å². The summed E-state index contributed by atoms with van der Waals surface area (Å²) in [5.74, 6) is 0.568. The third-order valence-corrected chi connectivity index (χ3v) is 8.13. The van der Waals surface area contributed by atoms with Gasteiger partial charge in [-0.25, -0.2) is 0 Å². The Labute approximate surface area is 214 Å². The Kier molecular flexibility index (Phi) is 9.12. The molecule has 0 saturated heterocycles. The first kappa shape index (κ1) is 25.6. The molecule has 0 aliphatic heterocycles. The molecule has 1 unspecified atom stereocenters. The first-order valence-electron chi connectivity index (χ1n) is 14.1. The van der Waals surface area contributed by atoms with Crippen molar-refractivity contribution in [1.29, 1.82) is 0 Å². The summed E-state index contributed by atoms with van der Waals surface area (Å²) in [6.45, 7) is 9.05. The Balaban J connectivity index is 0.000000189. The van der Waals surface area contributed by atoms with Gasteiger partial charge in [0.1, 0.15) is 0 Å². The second-order valence-corrected chi connectivity index (χ2v) is 11.1. The van der Waals surface area contributed by atoms with Crippen LogP contribution in [0.3, 0.4) is 0 Å². The predicted molar refractivity (Wildman–Crippen MR) is 154 cm³/mol. The molecule has 188 valence electrons. The lowest BCUT2D eigenvalue weighted by molar-refractivity contribution is 0.462. The van der Waals surface area contributed by atoms with Crippen LogP contribution in [-0.2, 0) is 0 Å². The van der Waals surface area contributed by atoms with Crippen molar-refractivity contribution in [3.63, 3.8) is 0 Å². The summed E-state index contributed by atoms with van der Waals surface area (Å²) in [6.07, 6.45) is 16.1. The Hall–Kier alpha value is -2.48. The van der Waals surface area contributed by atoms with Crippen LogP contribution in [-0.4, -0.2) is 12.1 Å². The van der Waals surface area contributed by atoms with Crippen molar-refractivity contribution in [1.82, 2.24) is 0 Å². The van der Waals surface area contributed by atoms with Crippen LogP contribution in [0.5, 0.6) is 0 Å². The lowest BCUT2D eigenvalue weighted by atomic mass is 9.92. The molecular formula is C33H46N2. The molecule has 0 heterocycles. The highest BCUT2D eigenvalue weighted by Crippen LogP contribution is 2.41. The van der Waals surface area contributed by atoms with Crippen LogP contribution in [0, 0.1) is 12.8 Å². The van der Waals surface area contributed by atoms with Gasteiger partial charge >= 0.3 is 0 Å². The van der Waals surface area contributed by atoms with E-state index >= 15 is 0 Å². The van der Waals surface area contributed by atoms with Gasteiger partial charge in [0.2, 0.25) is 0 Å². The topological polar surface area (TPSA) is 24.1 Å². The van der Waals surface area contributed by atoms with E-state index in [0.29, 0.717) is 12.0 Å². The predicted octanol–water partition coefficient (Wildman–Crippen LogP) is 9.54. The highest BCUT2D eigenvalue weighted by Gasteiger charge is 2.22. The zero-order valence-electron chi connectivity index (χ0n) is 22.5. The summed E-state index contributed by atoms with van der Waals surface area (Å²) in [5, 5.41) is 7.43. The van der Waals surface area contributed by atoms with E-state index in [4.69, 9.17) is 0 Å². The molecule has 0 aromatic heterocycles. The smallest absolute Gasteiger partial charge is 0.0422 e. The molecule has 2 N–H and O–H groups in total. The monoisotopic (exact) mass is 470 g/mol. The Morgan fingerprint density at radius 2 is 1.29 bits per heavy atom. The fraction of sp³-hybridized carbons (Fsp3) is 0.515. The third-order valence-electron chi connectivity index (χ3n) is 8.13. The van der Waals surface area contributed by atoms with Crippen molar-refractivity contribution in [2.45, 2.75) is 104 Å². The van der Waals surface area contributed by atoms with E-state index in [1.165, 1.54) is 103 Å². The highest BCUT2D eigenvalue weighted by atomic mass is 14.9. The van der Waals surface area contributed by atoms with Crippen molar-refractivity contribution in [2.75, 3.05) is 10.6 Å². The van der Waals surface area contributed by atoms with E-state index in [1.807, 2.05) is 0 Å². The molecule has 1 atom stereocenters. The standard InChI is InChI=1S/C21H29N.C12H17N/c1-14-10-11-20(22-18-8-6-5-7-9-18)19(12-14)21-16(3)13-15(2)17(21)4;1-3-7-11(8-4-1)13-12-9-5-2-6-10-12/h10-13,15,18,22H,5-9H2,1-4H3;1,3-4,7-8,12-13H,2,5-6,9-10H2. The van der Waals surface area contributed by atoms with Crippen LogP contribution in [0.2, 0.25) is 0 Å². The number of anilines is 2. The maximum absolute atomic E-state index is 3.85. The number of rotatable bonds is 5. The Morgan fingerprint density at radius 3 is 1.86 bits per heavy atom. The lowest BCUT2D eigenvalue weighted by Crippen LogP contribution is -2.22. The summed E-state index contributed by atoms with van der Waals surface area (Å²) < 4.78 is 0. The van der Waals surface area contributed by atoms with Gasteiger partial charge < -0.3 is 10.6 Å². The van der Waals surface area contributed by atoms with Gasteiger partial charge in [0, 0.05) is 29.0 Å². The largest absolute Gasteiger partial charge is 0.382 e. The third kappa shape index (κ3) is 7.03. The van der Waals surface area contributed by atoms with E-state index in [0.717, 1.165) is 6.04 Å². The van der Waals surface area contributed by atoms with Crippen molar-refractivity contribution in [3.8, 4) is 0 Å². The molecule has 0 amide bonds. The van der Waals surface area contributed by atoms with Crippen molar-refractivity contribution < 1.29 is 0 Å². The molecule has 0 radical (unpaired) electrons. The van der Waals surface area contributed by atoms with Crippen molar-refractivity contribution in [2.24, 2.45) is 5.92 Å². The van der Waals surface area contributed by atoms with E-state index in [2.05, 4.69) is 92.9 Å². The van der Waals surface area contributed by atoms with Crippen LogP contribution in [0.15, 0.2) is 65.8 Å². The number of hydrogen-bond donors (Lipinski definition) is 2. The lowest BCUT2D eigenvalue weighted by Gasteiger charge is -2.26. The van der Waals surface area contributed by atoms with Gasteiger partial charge in [-0.05, 0) is 87.8 Å². The summed E-state index contributed by atoms with van der Waals surface area (Å²) in [4.78, 5) is 0. The molecule has 2 aromatic rings.